The van der Waals surface area contributed by atoms with Crippen LogP contribution in [0, 0.1) is 5.41 Å². The van der Waals surface area contributed by atoms with Gasteiger partial charge in [-0.1, -0.05) is 41.5 Å². The normalized spacial score (nSPS) is 12.3. The Morgan fingerprint density at radius 1 is 0.600 bits per heavy atom. The van der Waals surface area contributed by atoms with E-state index in [1.54, 1.807) is 0 Å². The molecule has 0 heterocycles. The molecule has 0 saturated carbocycles. The molecule has 13 heteroatoms. The highest BCUT2D eigenvalue weighted by Crippen LogP contribution is 2.21. The molecule has 0 rings (SSSR count). The summed E-state index contributed by atoms with van der Waals surface area (Å²) in [6.45, 7) is 5.39. The zero-order valence-corrected chi connectivity index (χ0v) is 17.8. The minimum absolute atomic E-state index is 0.222. The van der Waals surface area contributed by atoms with Crippen LogP contribution in [0.15, 0.2) is 15.3 Å². The van der Waals surface area contributed by atoms with Gasteiger partial charge < -0.3 is 18.9 Å². The first-order chi connectivity index (χ1) is 14.7. The zero-order valence-electron chi connectivity index (χ0n) is 17.8. The molecular weight excluding hydrogens is 394 g/mol. The molecule has 13 nitrogen and oxygen atoms in total. The first kappa shape index (κ1) is 27.8. The quantitative estimate of drug-likeness (QED) is 0.106. The first-order valence-electron chi connectivity index (χ1n) is 10.1. The van der Waals surface area contributed by atoms with Crippen LogP contribution in [0.2, 0.25) is 0 Å². The van der Waals surface area contributed by atoms with Gasteiger partial charge in [0.25, 0.3) is 0 Å². The smallest absolute Gasteiger partial charge is 0.0637 e. The molecule has 170 valence electrons. The maximum atomic E-state index is 8.38. The first-order valence-corrected chi connectivity index (χ1v) is 10.1. The van der Waals surface area contributed by atoms with Crippen molar-refractivity contribution in [3.8, 4) is 0 Å². The highest BCUT2D eigenvalue weighted by Gasteiger charge is 2.32. The summed E-state index contributed by atoms with van der Waals surface area (Å²) in [4.78, 5) is 8.11. The molecule has 0 unspecified atom stereocenters. The lowest BCUT2D eigenvalue weighted by molar-refractivity contribution is -0.104. The van der Waals surface area contributed by atoms with Crippen molar-refractivity contribution in [2.75, 3.05) is 72.5 Å². The van der Waals surface area contributed by atoms with Gasteiger partial charge in [0.1, 0.15) is 0 Å². The summed E-state index contributed by atoms with van der Waals surface area (Å²) < 4.78 is 22.9. The van der Waals surface area contributed by atoms with Crippen molar-refractivity contribution < 1.29 is 18.9 Å². The molecular formula is C17H33N9O4. The Balaban J connectivity index is 4.86. The van der Waals surface area contributed by atoms with E-state index >= 15 is 0 Å². The van der Waals surface area contributed by atoms with Crippen molar-refractivity contribution >= 4 is 0 Å². The van der Waals surface area contributed by atoms with Crippen molar-refractivity contribution in [2.45, 2.75) is 32.6 Å². The Bertz CT molecular complexity index is 495. The zero-order chi connectivity index (χ0) is 22.2. The summed E-state index contributed by atoms with van der Waals surface area (Å²) in [5.74, 6) is 0. The molecule has 0 fully saturated rings. The molecule has 0 aliphatic carbocycles. The average Bonchev–Trinajstić information content (AvgIpc) is 2.75. The highest BCUT2D eigenvalue weighted by atomic mass is 16.5. The molecule has 0 amide bonds. The summed E-state index contributed by atoms with van der Waals surface area (Å²) in [5, 5.41) is 10.4. The van der Waals surface area contributed by atoms with Gasteiger partial charge >= 0.3 is 0 Å². The van der Waals surface area contributed by atoms with E-state index in [9.17, 15) is 0 Å². The van der Waals surface area contributed by atoms with Crippen molar-refractivity contribution in [1.82, 2.24) is 0 Å². The van der Waals surface area contributed by atoms with Crippen LogP contribution in [-0.4, -0.2) is 72.5 Å². The maximum Gasteiger partial charge on any atom is 0.0637 e. The molecule has 0 aliphatic heterocycles. The van der Waals surface area contributed by atoms with E-state index in [0.29, 0.717) is 13.2 Å². The van der Waals surface area contributed by atoms with E-state index in [0.717, 1.165) is 19.3 Å². The van der Waals surface area contributed by atoms with Crippen molar-refractivity contribution in [3.63, 3.8) is 0 Å². The fourth-order valence-electron chi connectivity index (χ4n) is 2.49. The second-order valence-electron chi connectivity index (χ2n) is 6.63. The van der Waals surface area contributed by atoms with E-state index in [1.165, 1.54) is 6.42 Å². The molecule has 0 aliphatic rings. The molecule has 0 aromatic carbocycles. The van der Waals surface area contributed by atoms with Crippen LogP contribution in [0.4, 0.5) is 0 Å². The molecule has 0 radical (unpaired) electrons. The van der Waals surface area contributed by atoms with E-state index in [2.05, 4.69) is 37.0 Å². The van der Waals surface area contributed by atoms with E-state index < -0.39 is 5.41 Å². The van der Waals surface area contributed by atoms with Crippen LogP contribution in [-0.2, 0) is 18.9 Å². The van der Waals surface area contributed by atoms with Gasteiger partial charge in [0.05, 0.1) is 51.7 Å². The summed E-state index contributed by atoms with van der Waals surface area (Å²) in [7, 11) is 0. The van der Waals surface area contributed by atoms with Gasteiger partial charge in [-0.25, -0.2) is 0 Å². The Labute approximate surface area is 176 Å². The Kier molecular flexibility index (Phi) is 19.9. The summed E-state index contributed by atoms with van der Waals surface area (Å²) in [6.07, 6.45) is 4.40. The SMILES string of the molecule is CCCCCCOCC(COCCN=[N+]=[N-])(COCCN=[N+]=[N-])COCCN=[N+]=[N-]. The topological polar surface area (TPSA) is 183 Å². The number of rotatable bonds is 22. The molecule has 0 spiro atoms. The molecule has 0 aromatic rings. The molecule has 0 aromatic heterocycles. The van der Waals surface area contributed by atoms with Crippen LogP contribution in [0.3, 0.4) is 0 Å². The van der Waals surface area contributed by atoms with Crippen LogP contribution >= 0.6 is 0 Å². The predicted octanol–water partition coefficient (Wildman–Crippen LogP) is 4.55. The lowest BCUT2D eigenvalue weighted by Gasteiger charge is -2.33. The van der Waals surface area contributed by atoms with E-state index in [4.69, 9.17) is 35.5 Å². The van der Waals surface area contributed by atoms with E-state index in [1.807, 2.05) is 0 Å². The Hall–Kier alpha value is -2.23. The largest absolute Gasteiger partial charge is 0.381 e. The van der Waals surface area contributed by atoms with Crippen molar-refractivity contribution in [3.05, 3.63) is 31.3 Å². The van der Waals surface area contributed by atoms with Crippen molar-refractivity contribution in [2.24, 2.45) is 20.8 Å². The third-order valence-electron chi connectivity index (χ3n) is 3.97. The standard InChI is InChI=1S/C17H33N9O4/c1-2-3-4-5-9-27-13-17(14-28-10-6-21-24-18,15-29-11-7-22-25-19)16-30-12-8-23-26-20/h2-16H2,1H3. The molecule has 0 atom stereocenters. The van der Waals surface area contributed by atoms with Gasteiger partial charge in [-0.15, -0.1) is 0 Å². The van der Waals surface area contributed by atoms with Gasteiger partial charge in [0.15, 0.2) is 0 Å². The van der Waals surface area contributed by atoms with Gasteiger partial charge in [-0.05, 0) is 23.0 Å². The van der Waals surface area contributed by atoms with Gasteiger partial charge in [0.2, 0.25) is 0 Å². The molecule has 0 saturated heterocycles. The van der Waals surface area contributed by atoms with Crippen LogP contribution in [0.25, 0.3) is 31.3 Å². The minimum atomic E-state index is -0.603. The Morgan fingerprint density at radius 2 is 1.00 bits per heavy atom. The number of azide groups is 3. The lowest BCUT2D eigenvalue weighted by Crippen LogP contribution is -2.42. The summed E-state index contributed by atoms with van der Waals surface area (Å²) >= 11 is 0. The predicted molar refractivity (Wildman–Crippen MR) is 112 cm³/mol. The highest BCUT2D eigenvalue weighted by molar-refractivity contribution is 4.80. The maximum absolute atomic E-state index is 8.38. The third-order valence-corrected chi connectivity index (χ3v) is 3.97. The number of hydrogen-bond donors (Lipinski definition) is 0. The van der Waals surface area contributed by atoms with Gasteiger partial charge in [-0.2, -0.15) is 0 Å². The number of unbranched alkanes of at least 4 members (excludes halogenated alkanes) is 3. The third kappa shape index (κ3) is 16.7. The molecule has 0 N–H and O–H groups in total. The Morgan fingerprint density at radius 3 is 1.37 bits per heavy atom. The monoisotopic (exact) mass is 427 g/mol. The summed E-state index contributed by atoms with van der Waals surface area (Å²) in [5.41, 5.74) is 24.5. The minimum Gasteiger partial charge on any atom is -0.381 e. The average molecular weight is 428 g/mol. The van der Waals surface area contributed by atoms with Gasteiger partial charge in [-0.3, -0.25) is 0 Å². The number of nitrogens with zero attached hydrogens (tertiary/aromatic N) is 9. The second kappa shape index (κ2) is 21.5. The van der Waals surface area contributed by atoms with Crippen molar-refractivity contribution in [1.29, 1.82) is 0 Å². The van der Waals surface area contributed by atoms with Crippen LogP contribution in [0.5, 0.6) is 0 Å². The fourth-order valence-corrected chi connectivity index (χ4v) is 2.49. The molecule has 0 bridgehead atoms. The van der Waals surface area contributed by atoms with Gasteiger partial charge in [0, 0.05) is 41.0 Å². The number of hydrogen-bond acceptors (Lipinski definition) is 7. The molecule has 30 heavy (non-hydrogen) atoms. The number of ether oxygens (including phenoxy) is 4. The van der Waals surface area contributed by atoms with E-state index in [-0.39, 0.29) is 59.3 Å². The van der Waals surface area contributed by atoms with Crippen LogP contribution in [0.1, 0.15) is 32.6 Å². The fraction of sp³-hybridized carbons (Fsp3) is 1.00. The summed E-state index contributed by atoms with van der Waals surface area (Å²) in [6, 6.07) is 0. The lowest BCUT2D eigenvalue weighted by atomic mass is 9.92. The van der Waals surface area contributed by atoms with Crippen LogP contribution < -0.4 is 0 Å². The second-order valence-corrected chi connectivity index (χ2v) is 6.63.